The maximum absolute atomic E-state index is 11.9. The van der Waals surface area contributed by atoms with Gasteiger partial charge in [0.05, 0.1) is 6.20 Å². The van der Waals surface area contributed by atoms with Gasteiger partial charge in [0.25, 0.3) is 0 Å². The van der Waals surface area contributed by atoms with Gasteiger partial charge in [-0.05, 0) is 13.8 Å². The highest BCUT2D eigenvalue weighted by atomic mass is 16.4. The van der Waals surface area contributed by atoms with E-state index in [2.05, 4.69) is 16.9 Å². The van der Waals surface area contributed by atoms with Crippen molar-refractivity contribution in [2.75, 3.05) is 13.1 Å². The molecular formula is C11H16N4O3. The fourth-order valence-electron chi connectivity index (χ4n) is 1.41. The van der Waals surface area contributed by atoms with Crippen LogP contribution in [0.3, 0.4) is 0 Å². The Hall–Kier alpha value is -2.18. The van der Waals surface area contributed by atoms with Gasteiger partial charge < -0.3 is 10.0 Å². The third-order valence-electron chi connectivity index (χ3n) is 2.25. The summed E-state index contributed by atoms with van der Waals surface area (Å²) in [7, 11) is 0. The number of aromatic nitrogens is 3. The average Bonchev–Trinajstić information content (AvgIpc) is 2.74. The monoisotopic (exact) mass is 252 g/mol. The van der Waals surface area contributed by atoms with Crippen molar-refractivity contribution in [3.63, 3.8) is 0 Å². The minimum absolute atomic E-state index is 0.0264. The summed E-state index contributed by atoms with van der Waals surface area (Å²) < 4.78 is 1.22. The number of carbonyl (C=O) groups is 2. The van der Waals surface area contributed by atoms with Gasteiger partial charge in [-0.1, -0.05) is 17.4 Å². The molecule has 0 atom stereocenters. The lowest BCUT2D eigenvalue weighted by Gasteiger charge is -2.20. The van der Waals surface area contributed by atoms with Crippen molar-refractivity contribution in [2.24, 2.45) is 0 Å². The number of likely N-dealkylation sites (N-methyl/N-ethyl adjacent to an activating group) is 1. The lowest BCUT2D eigenvalue weighted by molar-refractivity contribution is -0.131. The molecule has 0 aromatic carbocycles. The second-order valence-electron chi connectivity index (χ2n) is 3.97. The van der Waals surface area contributed by atoms with Crippen LogP contribution in [-0.4, -0.2) is 50.0 Å². The van der Waals surface area contributed by atoms with Crippen molar-refractivity contribution in [2.45, 2.75) is 20.4 Å². The normalized spacial score (nSPS) is 10.1. The lowest BCUT2D eigenvalue weighted by atomic mass is 10.3. The SMILES string of the molecule is C=C(C)CN(CC)C(=O)Cn1cc(C(=O)O)nn1. The van der Waals surface area contributed by atoms with Crippen LogP contribution in [0, 0.1) is 0 Å². The van der Waals surface area contributed by atoms with Gasteiger partial charge in [-0.25, -0.2) is 9.48 Å². The number of carboxylic acids is 1. The molecule has 0 unspecified atom stereocenters. The maximum atomic E-state index is 11.9. The quantitative estimate of drug-likeness (QED) is 0.740. The molecule has 0 aliphatic carbocycles. The molecule has 0 aliphatic rings. The van der Waals surface area contributed by atoms with Gasteiger partial charge in [0.2, 0.25) is 5.91 Å². The smallest absolute Gasteiger partial charge is 0.358 e. The Morgan fingerprint density at radius 1 is 1.56 bits per heavy atom. The van der Waals surface area contributed by atoms with E-state index in [4.69, 9.17) is 5.11 Å². The van der Waals surface area contributed by atoms with Crippen molar-refractivity contribution >= 4 is 11.9 Å². The maximum Gasteiger partial charge on any atom is 0.358 e. The van der Waals surface area contributed by atoms with E-state index in [1.807, 2.05) is 13.8 Å². The fourth-order valence-corrected chi connectivity index (χ4v) is 1.41. The summed E-state index contributed by atoms with van der Waals surface area (Å²) in [6, 6.07) is 0. The molecule has 0 saturated heterocycles. The van der Waals surface area contributed by atoms with Gasteiger partial charge in [0.1, 0.15) is 6.54 Å². The zero-order valence-corrected chi connectivity index (χ0v) is 10.5. The van der Waals surface area contributed by atoms with Crippen molar-refractivity contribution < 1.29 is 14.7 Å². The summed E-state index contributed by atoms with van der Waals surface area (Å²) in [5.74, 6) is -1.31. The Morgan fingerprint density at radius 2 is 2.22 bits per heavy atom. The van der Waals surface area contributed by atoms with Gasteiger partial charge in [-0.3, -0.25) is 4.79 Å². The molecule has 18 heavy (non-hydrogen) atoms. The molecule has 7 heteroatoms. The summed E-state index contributed by atoms with van der Waals surface area (Å²) in [4.78, 5) is 24.1. The predicted octanol–water partition coefficient (Wildman–Crippen LogP) is 0.401. The molecule has 0 bridgehead atoms. The van der Waals surface area contributed by atoms with Crippen LogP contribution in [0.1, 0.15) is 24.3 Å². The number of hydrogen-bond acceptors (Lipinski definition) is 4. The summed E-state index contributed by atoms with van der Waals surface area (Å²) in [5.41, 5.74) is 0.709. The van der Waals surface area contributed by atoms with E-state index < -0.39 is 5.97 Å². The molecule has 0 saturated carbocycles. The highest BCUT2D eigenvalue weighted by Gasteiger charge is 2.15. The Morgan fingerprint density at radius 3 is 2.67 bits per heavy atom. The first-order chi connectivity index (χ1) is 8.43. The van der Waals surface area contributed by atoms with Crippen LogP contribution >= 0.6 is 0 Å². The largest absolute Gasteiger partial charge is 0.476 e. The van der Waals surface area contributed by atoms with Gasteiger partial charge in [0, 0.05) is 13.1 Å². The third-order valence-corrected chi connectivity index (χ3v) is 2.25. The molecule has 0 radical (unpaired) electrons. The Kier molecular flexibility index (Phi) is 4.59. The van der Waals surface area contributed by atoms with E-state index in [1.165, 1.54) is 10.9 Å². The molecule has 0 aliphatic heterocycles. The molecule has 1 aromatic heterocycles. The summed E-state index contributed by atoms with van der Waals surface area (Å²) in [6.45, 7) is 8.48. The number of amides is 1. The van der Waals surface area contributed by atoms with Gasteiger partial charge in [0.15, 0.2) is 5.69 Å². The fraction of sp³-hybridized carbons (Fsp3) is 0.455. The van der Waals surface area contributed by atoms with E-state index in [0.29, 0.717) is 13.1 Å². The van der Waals surface area contributed by atoms with Crippen LogP contribution in [0.2, 0.25) is 0 Å². The van der Waals surface area contributed by atoms with Crippen molar-refractivity contribution in [1.82, 2.24) is 19.9 Å². The molecule has 1 aromatic rings. The average molecular weight is 252 g/mol. The molecule has 7 nitrogen and oxygen atoms in total. The molecule has 1 heterocycles. The van der Waals surface area contributed by atoms with E-state index >= 15 is 0 Å². The zero-order chi connectivity index (χ0) is 13.7. The highest BCUT2D eigenvalue weighted by molar-refractivity contribution is 5.84. The van der Waals surface area contributed by atoms with E-state index in [-0.39, 0.29) is 18.1 Å². The lowest BCUT2D eigenvalue weighted by Crippen LogP contribution is -2.35. The second-order valence-corrected chi connectivity index (χ2v) is 3.97. The number of carbonyl (C=O) groups excluding carboxylic acids is 1. The van der Waals surface area contributed by atoms with Crippen molar-refractivity contribution in [1.29, 1.82) is 0 Å². The first-order valence-electron chi connectivity index (χ1n) is 5.49. The van der Waals surface area contributed by atoms with Gasteiger partial charge in [-0.2, -0.15) is 0 Å². The molecule has 1 N–H and O–H groups in total. The van der Waals surface area contributed by atoms with Crippen LogP contribution in [0.5, 0.6) is 0 Å². The van der Waals surface area contributed by atoms with Crippen LogP contribution in [-0.2, 0) is 11.3 Å². The number of nitrogens with zero attached hydrogens (tertiary/aromatic N) is 4. The molecule has 98 valence electrons. The first kappa shape index (κ1) is 13.9. The predicted molar refractivity (Wildman–Crippen MR) is 64.0 cm³/mol. The number of carboxylic acid groups (broad SMARTS) is 1. The van der Waals surface area contributed by atoms with Crippen LogP contribution < -0.4 is 0 Å². The van der Waals surface area contributed by atoms with E-state index in [9.17, 15) is 9.59 Å². The molecule has 0 fully saturated rings. The number of hydrogen-bond donors (Lipinski definition) is 1. The Labute approximate surface area is 105 Å². The number of rotatable bonds is 6. The summed E-state index contributed by atoms with van der Waals surface area (Å²) in [5, 5.41) is 15.7. The Bertz CT molecular complexity index is 467. The van der Waals surface area contributed by atoms with E-state index in [0.717, 1.165) is 5.57 Å². The van der Waals surface area contributed by atoms with Crippen molar-refractivity contribution in [3.8, 4) is 0 Å². The van der Waals surface area contributed by atoms with Crippen LogP contribution in [0.15, 0.2) is 18.3 Å². The topological polar surface area (TPSA) is 88.3 Å². The molecule has 0 spiro atoms. The highest BCUT2D eigenvalue weighted by Crippen LogP contribution is 1.99. The molecule has 1 amide bonds. The standard InChI is InChI=1S/C11H16N4O3/c1-4-14(5-8(2)3)10(16)7-15-6-9(11(17)18)12-13-15/h6H,2,4-5,7H2,1,3H3,(H,17,18). The summed E-state index contributed by atoms with van der Waals surface area (Å²) in [6.07, 6.45) is 1.23. The van der Waals surface area contributed by atoms with Crippen molar-refractivity contribution in [3.05, 3.63) is 24.0 Å². The van der Waals surface area contributed by atoms with Gasteiger partial charge in [-0.15, -0.1) is 5.10 Å². The minimum Gasteiger partial charge on any atom is -0.476 e. The molecule has 1 rings (SSSR count). The molecular weight excluding hydrogens is 236 g/mol. The van der Waals surface area contributed by atoms with Crippen LogP contribution in [0.25, 0.3) is 0 Å². The summed E-state index contributed by atoms with van der Waals surface area (Å²) >= 11 is 0. The third kappa shape index (κ3) is 3.69. The number of aromatic carboxylic acids is 1. The second kappa shape index (κ2) is 5.95. The van der Waals surface area contributed by atoms with Crippen LogP contribution in [0.4, 0.5) is 0 Å². The van der Waals surface area contributed by atoms with Gasteiger partial charge >= 0.3 is 5.97 Å². The minimum atomic E-state index is -1.16. The van der Waals surface area contributed by atoms with E-state index in [1.54, 1.807) is 4.90 Å². The zero-order valence-electron chi connectivity index (χ0n) is 10.5. The Balaban J connectivity index is 2.67. The first-order valence-corrected chi connectivity index (χ1v) is 5.49.